The lowest BCUT2D eigenvalue weighted by Crippen LogP contribution is -2.49. The molecular weight excluding hydrogens is 390 g/mol. The second-order valence-electron chi connectivity index (χ2n) is 8.31. The number of aryl methyl sites for hydroxylation is 1. The molecule has 1 aromatic carbocycles. The highest BCUT2D eigenvalue weighted by Crippen LogP contribution is 2.37. The average molecular weight is 420 g/mol. The fraction of sp³-hybridized carbons (Fsp3) is 0.400. The zero-order valence-electron chi connectivity index (χ0n) is 18.2. The van der Waals surface area contributed by atoms with E-state index >= 15 is 0 Å². The van der Waals surface area contributed by atoms with Gasteiger partial charge in [-0.25, -0.2) is 0 Å². The van der Waals surface area contributed by atoms with Gasteiger partial charge in [0.05, 0.1) is 17.7 Å². The van der Waals surface area contributed by atoms with Gasteiger partial charge in [0.2, 0.25) is 0 Å². The number of esters is 1. The summed E-state index contributed by atoms with van der Waals surface area (Å²) in [4.78, 5) is 19.9. The summed E-state index contributed by atoms with van der Waals surface area (Å²) < 4.78 is 11.2. The Kier molecular flexibility index (Phi) is 6.47. The summed E-state index contributed by atoms with van der Waals surface area (Å²) in [6, 6.07) is 16.0. The molecule has 6 nitrogen and oxygen atoms in total. The Morgan fingerprint density at radius 2 is 2.06 bits per heavy atom. The molecule has 0 saturated carbocycles. The molecule has 31 heavy (non-hydrogen) atoms. The molecule has 0 radical (unpaired) electrons. The zero-order valence-corrected chi connectivity index (χ0v) is 18.2. The fourth-order valence-corrected chi connectivity index (χ4v) is 4.47. The summed E-state index contributed by atoms with van der Waals surface area (Å²) in [5, 5.41) is 4.29. The van der Waals surface area contributed by atoms with Crippen molar-refractivity contribution in [3.8, 4) is 11.3 Å². The summed E-state index contributed by atoms with van der Waals surface area (Å²) in [5.41, 5.74) is 3.34. The van der Waals surface area contributed by atoms with Gasteiger partial charge in [0.1, 0.15) is 11.5 Å². The van der Waals surface area contributed by atoms with E-state index in [0.29, 0.717) is 31.9 Å². The van der Waals surface area contributed by atoms with E-state index in [1.807, 2.05) is 49.4 Å². The van der Waals surface area contributed by atoms with Crippen molar-refractivity contribution in [1.29, 1.82) is 0 Å². The molecule has 3 aromatic rings. The quantitative estimate of drug-likeness (QED) is 0.528. The number of hydrogen-bond donors (Lipinski definition) is 0. The lowest BCUT2D eigenvalue weighted by Gasteiger charge is -2.40. The van der Waals surface area contributed by atoms with Crippen LogP contribution >= 0.6 is 0 Å². The zero-order chi connectivity index (χ0) is 21.7. The lowest BCUT2D eigenvalue weighted by atomic mass is 9.76. The van der Waals surface area contributed by atoms with Gasteiger partial charge in [0, 0.05) is 37.3 Å². The van der Waals surface area contributed by atoms with Gasteiger partial charge in [-0.15, -0.1) is 0 Å². The number of aromatic nitrogens is 2. The topological polar surface area (TPSA) is 68.5 Å². The van der Waals surface area contributed by atoms with Crippen LogP contribution in [0.5, 0.6) is 0 Å². The molecular formula is C25H29N3O3. The van der Waals surface area contributed by atoms with E-state index in [-0.39, 0.29) is 5.97 Å². The van der Waals surface area contributed by atoms with Crippen LogP contribution in [0.2, 0.25) is 0 Å². The van der Waals surface area contributed by atoms with Crippen molar-refractivity contribution in [3.05, 3.63) is 71.7 Å². The van der Waals surface area contributed by atoms with Crippen molar-refractivity contribution >= 4 is 5.97 Å². The first-order chi connectivity index (χ1) is 15.1. The number of carbonyl (C=O) groups excluding carboxylic acids is 1. The molecule has 1 unspecified atom stereocenters. The van der Waals surface area contributed by atoms with Crippen molar-refractivity contribution in [2.24, 2.45) is 5.41 Å². The molecule has 1 aliphatic heterocycles. The number of ether oxygens (including phenoxy) is 1. The molecule has 6 heteroatoms. The monoisotopic (exact) mass is 419 g/mol. The highest BCUT2D eigenvalue weighted by atomic mass is 16.5. The molecule has 162 valence electrons. The van der Waals surface area contributed by atoms with Crippen molar-refractivity contribution < 1.29 is 14.1 Å². The van der Waals surface area contributed by atoms with E-state index in [1.165, 1.54) is 0 Å². The summed E-state index contributed by atoms with van der Waals surface area (Å²) in [7, 11) is 0. The molecule has 0 bridgehead atoms. The van der Waals surface area contributed by atoms with Gasteiger partial charge in [-0.3, -0.25) is 14.7 Å². The van der Waals surface area contributed by atoms with E-state index < -0.39 is 5.41 Å². The van der Waals surface area contributed by atoms with Crippen LogP contribution in [-0.4, -0.2) is 40.7 Å². The van der Waals surface area contributed by atoms with Crippen LogP contribution in [0.15, 0.2) is 59.3 Å². The predicted molar refractivity (Wildman–Crippen MR) is 118 cm³/mol. The molecule has 0 aliphatic carbocycles. The van der Waals surface area contributed by atoms with Gasteiger partial charge in [-0.2, -0.15) is 0 Å². The van der Waals surface area contributed by atoms with Crippen molar-refractivity contribution in [2.75, 3.05) is 19.7 Å². The number of carbonyl (C=O) groups is 1. The largest absolute Gasteiger partial charge is 0.466 e. The third kappa shape index (κ3) is 4.85. The summed E-state index contributed by atoms with van der Waals surface area (Å²) in [5.74, 6) is 0.556. The molecule has 0 amide bonds. The Morgan fingerprint density at radius 3 is 2.84 bits per heavy atom. The predicted octanol–water partition coefficient (Wildman–Crippen LogP) is 4.43. The standard InChI is InChI=1S/C25H29N3O3/c1-3-30-24(29)25(12-8-14-28(18-25)17-20-10-6-7-13-26-20)16-21-15-23(27-31-21)22-11-5-4-9-19(22)2/h4-7,9-11,13,15H,3,8,12,14,16-18H2,1-2H3. The molecule has 0 N–H and O–H groups in total. The average Bonchev–Trinajstić information content (AvgIpc) is 3.23. The summed E-state index contributed by atoms with van der Waals surface area (Å²) in [6.07, 6.45) is 3.97. The van der Waals surface area contributed by atoms with Crippen molar-refractivity contribution in [1.82, 2.24) is 15.0 Å². The van der Waals surface area contributed by atoms with E-state index in [9.17, 15) is 4.79 Å². The highest BCUT2D eigenvalue weighted by Gasteiger charge is 2.44. The van der Waals surface area contributed by atoms with Gasteiger partial charge in [-0.05, 0) is 50.9 Å². The third-order valence-electron chi connectivity index (χ3n) is 5.97. The maximum Gasteiger partial charge on any atom is 0.313 e. The van der Waals surface area contributed by atoms with E-state index in [2.05, 4.69) is 28.0 Å². The Bertz CT molecular complexity index is 1020. The van der Waals surface area contributed by atoms with Gasteiger partial charge in [0.25, 0.3) is 0 Å². The minimum atomic E-state index is -0.647. The lowest BCUT2D eigenvalue weighted by molar-refractivity contribution is -0.159. The minimum Gasteiger partial charge on any atom is -0.466 e. The minimum absolute atomic E-state index is 0.158. The van der Waals surface area contributed by atoms with Crippen molar-refractivity contribution in [3.63, 3.8) is 0 Å². The first-order valence-electron chi connectivity index (χ1n) is 10.9. The van der Waals surface area contributed by atoms with Crippen LogP contribution < -0.4 is 0 Å². The third-order valence-corrected chi connectivity index (χ3v) is 5.97. The molecule has 0 spiro atoms. The maximum absolute atomic E-state index is 13.1. The summed E-state index contributed by atoms with van der Waals surface area (Å²) in [6.45, 7) is 6.54. The first kappa shape index (κ1) is 21.2. The normalized spacial score (nSPS) is 19.3. The number of likely N-dealkylation sites (tertiary alicyclic amines) is 1. The Balaban J connectivity index is 1.56. The molecule has 1 atom stereocenters. The fourth-order valence-electron chi connectivity index (χ4n) is 4.47. The van der Waals surface area contributed by atoms with E-state index in [1.54, 1.807) is 6.20 Å². The van der Waals surface area contributed by atoms with E-state index in [4.69, 9.17) is 9.26 Å². The number of hydrogen-bond acceptors (Lipinski definition) is 6. The molecule has 3 heterocycles. The van der Waals surface area contributed by atoms with Crippen LogP contribution in [0.1, 0.15) is 36.8 Å². The second kappa shape index (κ2) is 9.43. The van der Waals surface area contributed by atoms with Crippen LogP contribution in [0.4, 0.5) is 0 Å². The number of piperidine rings is 1. The van der Waals surface area contributed by atoms with E-state index in [0.717, 1.165) is 41.9 Å². The summed E-state index contributed by atoms with van der Waals surface area (Å²) >= 11 is 0. The SMILES string of the molecule is CCOC(=O)C1(Cc2cc(-c3ccccc3C)no2)CCCN(Cc2ccccn2)C1. The Labute approximate surface area is 183 Å². The number of rotatable bonds is 7. The van der Waals surface area contributed by atoms with Crippen LogP contribution in [0, 0.1) is 12.3 Å². The van der Waals surface area contributed by atoms with Crippen LogP contribution in [0.3, 0.4) is 0 Å². The second-order valence-corrected chi connectivity index (χ2v) is 8.31. The molecule has 1 saturated heterocycles. The Hall–Kier alpha value is -2.99. The van der Waals surface area contributed by atoms with Gasteiger partial charge < -0.3 is 9.26 Å². The number of pyridine rings is 1. The first-order valence-corrected chi connectivity index (χ1v) is 10.9. The molecule has 1 aliphatic rings. The number of nitrogens with zero attached hydrogens (tertiary/aromatic N) is 3. The maximum atomic E-state index is 13.1. The van der Waals surface area contributed by atoms with Crippen LogP contribution in [-0.2, 0) is 22.5 Å². The molecule has 1 fully saturated rings. The van der Waals surface area contributed by atoms with Crippen molar-refractivity contribution in [2.45, 2.75) is 39.7 Å². The molecule has 2 aromatic heterocycles. The Morgan fingerprint density at radius 1 is 1.23 bits per heavy atom. The van der Waals surface area contributed by atoms with Gasteiger partial charge >= 0.3 is 5.97 Å². The van der Waals surface area contributed by atoms with Gasteiger partial charge in [0.15, 0.2) is 0 Å². The highest BCUT2D eigenvalue weighted by molar-refractivity contribution is 5.78. The molecule has 4 rings (SSSR count). The van der Waals surface area contributed by atoms with Gasteiger partial charge in [-0.1, -0.05) is 35.5 Å². The smallest absolute Gasteiger partial charge is 0.313 e. The number of benzene rings is 1. The van der Waals surface area contributed by atoms with Crippen LogP contribution in [0.25, 0.3) is 11.3 Å².